The van der Waals surface area contributed by atoms with Crippen LogP contribution in [0.15, 0.2) is 24.3 Å². The van der Waals surface area contributed by atoms with Gasteiger partial charge in [0.05, 0.1) is 5.69 Å². The van der Waals surface area contributed by atoms with Gasteiger partial charge in [0.1, 0.15) is 5.82 Å². The van der Waals surface area contributed by atoms with Gasteiger partial charge in [-0.15, -0.1) is 0 Å². The highest BCUT2D eigenvalue weighted by molar-refractivity contribution is 5.90. The number of carbonyl (C=O) groups excluding carboxylic acids is 1. The molecular weight excluding hydrogens is 243 g/mol. The lowest BCUT2D eigenvalue weighted by Crippen LogP contribution is -2.16. The standard InChI is InChI=1S/C15H23FN2O/c1-2-5-12(10-11-17)8-9-15(19)18-14-7-4-3-6-13(14)16/h3-4,6-7,12H,2,5,8-11,17H2,1H3,(H,18,19). The molecule has 106 valence electrons. The monoisotopic (exact) mass is 266 g/mol. The van der Waals surface area contributed by atoms with Gasteiger partial charge in [0, 0.05) is 6.42 Å². The molecule has 0 aliphatic heterocycles. The zero-order valence-corrected chi connectivity index (χ0v) is 11.5. The van der Waals surface area contributed by atoms with Gasteiger partial charge in [-0.2, -0.15) is 0 Å². The van der Waals surface area contributed by atoms with Crippen LogP contribution in [0.25, 0.3) is 0 Å². The molecule has 3 nitrogen and oxygen atoms in total. The maximum absolute atomic E-state index is 13.4. The van der Waals surface area contributed by atoms with E-state index in [1.165, 1.54) is 6.07 Å². The van der Waals surface area contributed by atoms with Gasteiger partial charge < -0.3 is 11.1 Å². The molecule has 1 atom stereocenters. The summed E-state index contributed by atoms with van der Waals surface area (Å²) in [5.41, 5.74) is 5.81. The Morgan fingerprint density at radius 3 is 2.68 bits per heavy atom. The van der Waals surface area contributed by atoms with Crippen LogP contribution in [0.1, 0.15) is 39.0 Å². The van der Waals surface area contributed by atoms with E-state index in [9.17, 15) is 9.18 Å². The highest BCUT2D eigenvalue weighted by atomic mass is 19.1. The lowest BCUT2D eigenvalue weighted by atomic mass is 9.94. The van der Waals surface area contributed by atoms with Crippen molar-refractivity contribution in [2.75, 3.05) is 11.9 Å². The minimum atomic E-state index is -0.400. The molecule has 0 heterocycles. The fourth-order valence-electron chi connectivity index (χ4n) is 2.19. The summed E-state index contributed by atoms with van der Waals surface area (Å²) in [6, 6.07) is 6.21. The fraction of sp³-hybridized carbons (Fsp3) is 0.533. The Morgan fingerprint density at radius 1 is 1.32 bits per heavy atom. The minimum absolute atomic E-state index is 0.136. The lowest BCUT2D eigenvalue weighted by Gasteiger charge is -2.14. The van der Waals surface area contributed by atoms with Crippen molar-refractivity contribution in [1.82, 2.24) is 0 Å². The van der Waals surface area contributed by atoms with Crippen molar-refractivity contribution in [3.05, 3.63) is 30.1 Å². The van der Waals surface area contributed by atoms with Crippen LogP contribution in [-0.4, -0.2) is 12.5 Å². The highest BCUT2D eigenvalue weighted by Crippen LogP contribution is 2.18. The first-order chi connectivity index (χ1) is 9.17. The number of rotatable bonds is 8. The summed E-state index contributed by atoms with van der Waals surface area (Å²) in [6.45, 7) is 2.78. The molecule has 1 aromatic carbocycles. The molecule has 0 saturated carbocycles. The summed E-state index contributed by atoms with van der Waals surface area (Å²) < 4.78 is 13.4. The van der Waals surface area contributed by atoms with Crippen molar-refractivity contribution < 1.29 is 9.18 Å². The zero-order chi connectivity index (χ0) is 14.1. The second-order valence-corrected chi connectivity index (χ2v) is 4.80. The molecule has 1 unspecified atom stereocenters. The maximum Gasteiger partial charge on any atom is 0.224 e. The summed E-state index contributed by atoms with van der Waals surface area (Å²) in [5.74, 6) is -0.0486. The van der Waals surface area contributed by atoms with Gasteiger partial charge >= 0.3 is 0 Å². The molecule has 1 amide bonds. The van der Waals surface area contributed by atoms with Crippen LogP contribution in [0, 0.1) is 11.7 Å². The van der Waals surface area contributed by atoms with E-state index in [-0.39, 0.29) is 11.6 Å². The van der Waals surface area contributed by atoms with Gasteiger partial charge in [-0.1, -0.05) is 31.9 Å². The van der Waals surface area contributed by atoms with Crippen molar-refractivity contribution in [3.63, 3.8) is 0 Å². The summed E-state index contributed by atoms with van der Waals surface area (Å²) in [7, 11) is 0. The van der Waals surface area contributed by atoms with E-state index >= 15 is 0 Å². The second-order valence-electron chi connectivity index (χ2n) is 4.80. The molecule has 0 bridgehead atoms. The number of carbonyl (C=O) groups is 1. The van der Waals surface area contributed by atoms with E-state index in [0.717, 1.165) is 25.7 Å². The third kappa shape index (κ3) is 5.83. The quantitative estimate of drug-likeness (QED) is 0.758. The van der Waals surface area contributed by atoms with E-state index in [1.807, 2.05) is 0 Å². The zero-order valence-electron chi connectivity index (χ0n) is 11.5. The number of nitrogens with one attached hydrogen (secondary N) is 1. The summed E-state index contributed by atoms with van der Waals surface area (Å²) in [5, 5.41) is 2.60. The SMILES string of the molecule is CCCC(CCN)CCC(=O)Nc1ccccc1F. The first kappa shape index (κ1) is 15.6. The Kier molecular flexibility index (Phi) is 7.11. The van der Waals surface area contributed by atoms with E-state index in [4.69, 9.17) is 5.73 Å². The van der Waals surface area contributed by atoms with Crippen molar-refractivity contribution in [2.24, 2.45) is 11.7 Å². The van der Waals surface area contributed by atoms with E-state index < -0.39 is 5.82 Å². The number of hydrogen-bond donors (Lipinski definition) is 2. The average molecular weight is 266 g/mol. The minimum Gasteiger partial charge on any atom is -0.330 e. The molecule has 4 heteroatoms. The Hall–Kier alpha value is -1.42. The summed E-state index contributed by atoms with van der Waals surface area (Å²) in [4.78, 5) is 11.8. The van der Waals surface area contributed by atoms with Crippen LogP contribution in [-0.2, 0) is 4.79 Å². The highest BCUT2D eigenvalue weighted by Gasteiger charge is 2.11. The molecule has 3 N–H and O–H groups in total. The van der Waals surface area contributed by atoms with Crippen LogP contribution >= 0.6 is 0 Å². The number of anilines is 1. The first-order valence-electron chi connectivity index (χ1n) is 6.91. The number of benzene rings is 1. The van der Waals surface area contributed by atoms with Gasteiger partial charge in [0.15, 0.2) is 0 Å². The molecule has 19 heavy (non-hydrogen) atoms. The summed E-state index contributed by atoms with van der Waals surface area (Å²) in [6.07, 6.45) is 4.36. The predicted octanol–water partition coefficient (Wildman–Crippen LogP) is 3.31. The van der Waals surface area contributed by atoms with Crippen molar-refractivity contribution in [1.29, 1.82) is 0 Å². The maximum atomic E-state index is 13.4. The van der Waals surface area contributed by atoms with E-state index in [1.54, 1.807) is 18.2 Å². The van der Waals surface area contributed by atoms with Crippen LogP contribution in [0.4, 0.5) is 10.1 Å². The van der Waals surface area contributed by atoms with Crippen molar-refractivity contribution >= 4 is 11.6 Å². The molecule has 1 rings (SSSR count). The Bertz CT molecular complexity index is 389. The lowest BCUT2D eigenvalue weighted by molar-refractivity contribution is -0.116. The molecule has 1 aromatic rings. The molecule has 0 spiro atoms. The van der Waals surface area contributed by atoms with Gasteiger partial charge in [-0.05, 0) is 37.4 Å². The van der Waals surface area contributed by atoms with E-state index in [2.05, 4.69) is 12.2 Å². The average Bonchev–Trinajstić information content (AvgIpc) is 2.39. The second kappa shape index (κ2) is 8.64. The smallest absolute Gasteiger partial charge is 0.224 e. The topological polar surface area (TPSA) is 55.1 Å². The fourth-order valence-corrected chi connectivity index (χ4v) is 2.19. The normalized spacial score (nSPS) is 12.2. The molecule has 0 aliphatic rings. The Balaban J connectivity index is 2.40. The van der Waals surface area contributed by atoms with Crippen LogP contribution in [0.5, 0.6) is 0 Å². The Labute approximate surface area is 114 Å². The van der Waals surface area contributed by atoms with Gasteiger partial charge in [0.2, 0.25) is 5.91 Å². The van der Waals surface area contributed by atoms with Crippen LogP contribution in [0.2, 0.25) is 0 Å². The molecular formula is C15H23FN2O. The molecule has 0 radical (unpaired) electrons. The van der Waals surface area contributed by atoms with Crippen LogP contribution in [0.3, 0.4) is 0 Å². The molecule has 0 fully saturated rings. The third-order valence-electron chi connectivity index (χ3n) is 3.20. The van der Waals surface area contributed by atoms with E-state index in [0.29, 0.717) is 18.9 Å². The number of nitrogens with two attached hydrogens (primary N) is 1. The van der Waals surface area contributed by atoms with Crippen molar-refractivity contribution in [3.8, 4) is 0 Å². The number of amides is 1. The largest absolute Gasteiger partial charge is 0.330 e. The third-order valence-corrected chi connectivity index (χ3v) is 3.20. The van der Waals surface area contributed by atoms with Gasteiger partial charge in [-0.25, -0.2) is 4.39 Å². The van der Waals surface area contributed by atoms with Gasteiger partial charge in [-0.3, -0.25) is 4.79 Å². The number of para-hydroxylation sites is 1. The molecule has 0 saturated heterocycles. The van der Waals surface area contributed by atoms with Gasteiger partial charge in [0.25, 0.3) is 0 Å². The Morgan fingerprint density at radius 2 is 2.05 bits per heavy atom. The predicted molar refractivity (Wildman–Crippen MR) is 76.3 cm³/mol. The molecule has 0 aliphatic carbocycles. The van der Waals surface area contributed by atoms with Crippen LogP contribution < -0.4 is 11.1 Å². The number of halogens is 1. The molecule has 0 aromatic heterocycles. The summed E-state index contributed by atoms with van der Waals surface area (Å²) >= 11 is 0. The number of hydrogen-bond acceptors (Lipinski definition) is 2. The van der Waals surface area contributed by atoms with Crippen molar-refractivity contribution in [2.45, 2.75) is 39.0 Å². The first-order valence-corrected chi connectivity index (χ1v) is 6.91.